The smallest absolute Gasteiger partial charge is 0.226 e. The van der Waals surface area contributed by atoms with Crippen molar-refractivity contribution in [3.8, 4) is 0 Å². The van der Waals surface area contributed by atoms with E-state index in [1.165, 1.54) is 5.56 Å². The third kappa shape index (κ3) is 1.61. The number of rotatable bonds is 3. The Morgan fingerprint density at radius 2 is 1.94 bits per heavy atom. The van der Waals surface area contributed by atoms with E-state index < -0.39 is 0 Å². The average Bonchev–Trinajstić information content (AvgIpc) is 3.01. The SMILES string of the molecule is NCc1ccc(CN2CC3CC3C2=O)cc1. The molecule has 1 aromatic carbocycles. The van der Waals surface area contributed by atoms with Crippen LogP contribution in [0.4, 0.5) is 0 Å². The maximum absolute atomic E-state index is 11.8. The van der Waals surface area contributed by atoms with Crippen LogP contribution in [0.5, 0.6) is 0 Å². The molecule has 0 aromatic heterocycles. The van der Waals surface area contributed by atoms with Gasteiger partial charge in [0.15, 0.2) is 0 Å². The third-order valence-corrected chi connectivity index (χ3v) is 3.64. The molecule has 1 saturated heterocycles. The Bertz CT molecular complexity index is 412. The van der Waals surface area contributed by atoms with Crippen LogP contribution in [0.15, 0.2) is 24.3 Å². The fraction of sp³-hybridized carbons (Fsp3) is 0.462. The molecular weight excluding hydrogens is 200 g/mol. The number of nitrogens with zero attached hydrogens (tertiary/aromatic N) is 1. The van der Waals surface area contributed by atoms with Crippen molar-refractivity contribution >= 4 is 5.91 Å². The van der Waals surface area contributed by atoms with Crippen LogP contribution in [0.2, 0.25) is 0 Å². The molecule has 1 aliphatic heterocycles. The van der Waals surface area contributed by atoms with Gasteiger partial charge in [-0.05, 0) is 23.5 Å². The minimum absolute atomic E-state index is 0.355. The molecule has 1 saturated carbocycles. The number of carbonyl (C=O) groups excluding carboxylic acids is 1. The molecule has 2 atom stereocenters. The molecule has 16 heavy (non-hydrogen) atoms. The summed E-state index contributed by atoms with van der Waals surface area (Å²) < 4.78 is 0. The molecule has 0 radical (unpaired) electrons. The van der Waals surface area contributed by atoms with E-state index in [0.29, 0.717) is 24.3 Å². The Morgan fingerprint density at radius 1 is 1.25 bits per heavy atom. The quantitative estimate of drug-likeness (QED) is 0.823. The first kappa shape index (κ1) is 9.85. The lowest BCUT2D eigenvalue weighted by Crippen LogP contribution is -2.27. The largest absolute Gasteiger partial charge is 0.338 e. The van der Waals surface area contributed by atoms with Crippen molar-refractivity contribution in [3.63, 3.8) is 0 Å². The van der Waals surface area contributed by atoms with Gasteiger partial charge in [0.25, 0.3) is 0 Å². The van der Waals surface area contributed by atoms with Gasteiger partial charge in [0.1, 0.15) is 0 Å². The summed E-state index contributed by atoms with van der Waals surface area (Å²) in [7, 11) is 0. The normalized spacial score (nSPS) is 27.1. The Hall–Kier alpha value is -1.35. The number of piperidine rings is 1. The number of nitrogens with two attached hydrogens (primary N) is 1. The van der Waals surface area contributed by atoms with E-state index in [1.54, 1.807) is 0 Å². The van der Waals surface area contributed by atoms with Crippen molar-refractivity contribution in [3.05, 3.63) is 35.4 Å². The lowest BCUT2D eigenvalue weighted by atomic mass is 10.1. The van der Waals surface area contributed by atoms with Crippen LogP contribution >= 0.6 is 0 Å². The molecule has 1 aliphatic carbocycles. The van der Waals surface area contributed by atoms with E-state index in [4.69, 9.17) is 5.73 Å². The Balaban J connectivity index is 1.67. The number of fused-ring (bicyclic) bond motifs is 1. The van der Waals surface area contributed by atoms with Gasteiger partial charge in [-0.1, -0.05) is 24.3 Å². The highest BCUT2D eigenvalue weighted by atomic mass is 16.2. The minimum Gasteiger partial charge on any atom is -0.338 e. The molecule has 2 unspecified atom stereocenters. The molecule has 2 N–H and O–H groups in total. The van der Waals surface area contributed by atoms with Gasteiger partial charge >= 0.3 is 0 Å². The lowest BCUT2D eigenvalue weighted by Gasteiger charge is -2.18. The molecule has 3 heteroatoms. The second kappa shape index (κ2) is 3.59. The van der Waals surface area contributed by atoms with Crippen LogP contribution in [-0.2, 0) is 17.9 Å². The van der Waals surface area contributed by atoms with Crippen LogP contribution in [0.25, 0.3) is 0 Å². The number of carbonyl (C=O) groups is 1. The predicted molar refractivity (Wildman–Crippen MR) is 61.3 cm³/mol. The van der Waals surface area contributed by atoms with Crippen molar-refractivity contribution < 1.29 is 4.79 Å². The van der Waals surface area contributed by atoms with Gasteiger partial charge in [0, 0.05) is 25.6 Å². The number of benzene rings is 1. The van der Waals surface area contributed by atoms with E-state index in [-0.39, 0.29) is 0 Å². The number of hydrogen-bond donors (Lipinski definition) is 1. The Kier molecular flexibility index (Phi) is 2.21. The first-order valence-corrected chi connectivity index (χ1v) is 5.84. The van der Waals surface area contributed by atoms with Gasteiger partial charge in [-0.15, -0.1) is 0 Å². The van der Waals surface area contributed by atoms with Crippen molar-refractivity contribution in [1.29, 1.82) is 0 Å². The Labute approximate surface area is 95.2 Å². The van der Waals surface area contributed by atoms with Gasteiger partial charge in [0.05, 0.1) is 0 Å². The van der Waals surface area contributed by atoms with Crippen LogP contribution in [0, 0.1) is 11.8 Å². The topological polar surface area (TPSA) is 46.3 Å². The maximum atomic E-state index is 11.8. The average molecular weight is 216 g/mol. The third-order valence-electron chi connectivity index (χ3n) is 3.64. The fourth-order valence-electron chi connectivity index (χ4n) is 2.50. The van der Waals surface area contributed by atoms with Crippen molar-refractivity contribution in [2.45, 2.75) is 19.5 Å². The van der Waals surface area contributed by atoms with Gasteiger partial charge < -0.3 is 10.6 Å². The number of hydrogen-bond acceptors (Lipinski definition) is 2. The van der Waals surface area contributed by atoms with E-state index >= 15 is 0 Å². The lowest BCUT2D eigenvalue weighted by molar-refractivity contribution is -0.130. The first-order valence-electron chi connectivity index (χ1n) is 5.84. The molecular formula is C13H16N2O. The van der Waals surface area contributed by atoms with Crippen LogP contribution in [0.1, 0.15) is 17.5 Å². The molecule has 0 spiro atoms. The summed E-state index contributed by atoms with van der Waals surface area (Å²) >= 11 is 0. The monoisotopic (exact) mass is 216 g/mol. The van der Waals surface area contributed by atoms with E-state index in [2.05, 4.69) is 12.1 Å². The van der Waals surface area contributed by atoms with Crippen molar-refractivity contribution in [2.75, 3.05) is 6.54 Å². The Morgan fingerprint density at radius 3 is 2.50 bits per heavy atom. The molecule has 3 rings (SSSR count). The number of amides is 1. The predicted octanol–water partition coefficient (Wildman–Crippen LogP) is 1.12. The molecule has 3 nitrogen and oxygen atoms in total. The van der Waals surface area contributed by atoms with Crippen LogP contribution in [-0.4, -0.2) is 17.4 Å². The zero-order chi connectivity index (χ0) is 11.1. The fourth-order valence-corrected chi connectivity index (χ4v) is 2.50. The molecule has 1 heterocycles. The number of likely N-dealkylation sites (tertiary alicyclic amines) is 1. The summed E-state index contributed by atoms with van der Waals surface area (Å²) in [6.45, 7) is 2.30. The van der Waals surface area contributed by atoms with Gasteiger partial charge in [-0.25, -0.2) is 0 Å². The standard InChI is InChI=1S/C13H16N2O/c14-6-9-1-3-10(4-2-9)7-15-8-11-5-12(11)13(15)16/h1-4,11-12H,5-8,14H2. The highest BCUT2D eigenvalue weighted by molar-refractivity contribution is 5.84. The van der Waals surface area contributed by atoms with Gasteiger partial charge in [0.2, 0.25) is 5.91 Å². The summed E-state index contributed by atoms with van der Waals surface area (Å²) in [6, 6.07) is 8.21. The minimum atomic E-state index is 0.355. The van der Waals surface area contributed by atoms with Gasteiger partial charge in [-0.3, -0.25) is 4.79 Å². The summed E-state index contributed by atoms with van der Waals surface area (Å²) in [5.41, 5.74) is 7.88. The zero-order valence-electron chi connectivity index (χ0n) is 9.23. The van der Waals surface area contributed by atoms with Crippen LogP contribution < -0.4 is 5.73 Å². The van der Waals surface area contributed by atoms with E-state index in [0.717, 1.165) is 25.1 Å². The molecule has 84 valence electrons. The molecule has 0 bridgehead atoms. The summed E-state index contributed by atoms with van der Waals surface area (Å²) in [4.78, 5) is 13.8. The zero-order valence-corrected chi connectivity index (χ0v) is 9.23. The van der Waals surface area contributed by atoms with E-state index in [9.17, 15) is 4.79 Å². The molecule has 1 aromatic rings. The van der Waals surface area contributed by atoms with Crippen LogP contribution in [0.3, 0.4) is 0 Å². The summed E-state index contributed by atoms with van der Waals surface area (Å²) in [5.74, 6) is 1.38. The molecule has 1 amide bonds. The summed E-state index contributed by atoms with van der Waals surface area (Å²) in [6.07, 6.45) is 1.13. The van der Waals surface area contributed by atoms with Gasteiger partial charge in [-0.2, -0.15) is 0 Å². The maximum Gasteiger partial charge on any atom is 0.226 e. The van der Waals surface area contributed by atoms with Crippen molar-refractivity contribution in [2.24, 2.45) is 17.6 Å². The first-order chi connectivity index (χ1) is 7.78. The summed E-state index contributed by atoms with van der Waals surface area (Å²) in [5, 5.41) is 0. The highest BCUT2D eigenvalue weighted by Gasteiger charge is 2.51. The second-order valence-corrected chi connectivity index (χ2v) is 4.84. The molecule has 2 fully saturated rings. The highest BCUT2D eigenvalue weighted by Crippen LogP contribution is 2.46. The molecule has 2 aliphatic rings. The van der Waals surface area contributed by atoms with Crippen molar-refractivity contribution in [1.82, 2.24) is 4.90 Å². The second-order valence-electron chi connectivity index (χ2n) is 4.84. The van der Waals surface area contributed by atoms with E-state index in [1.807, 2.05) is 17.0 Å².